The van der Waals surface area contributed by atoms with Crippen LogP contribution in [0.25, 0.3) is 11.4 Å². The van der Waals surface area contributed by atoms with E-state index in [1.807, 2.05) is 24.3 Å². The zero-order valence-electron chi connectivity index (χ0n) is 16.3. The van der Waals surface area contributed by atoms with Crippen molar-refractivity contribution in [3.05, 3.63) is 35.5 Å². The topological polar surface area (TPSA) is 70.6 Å². The van der Waals surface area contributed by atoms with Gasteiger partial charge in [0.2, 0.25) is 5.91 Å². The number of rotatable bonds is 3. The number of fused-ring (bicyclic) bond motifs is 3. The highest BCUT2D eigenvalue weighted by molar-refractivity contribution is 5.88. The van der Waals surface area contributed by atoms with Crippen LogP contribution in [0.4, 0.5) is 11.5 Å². The summed E-state index contributed by atoms with van der Waals surface area (Å²) in [6.07, 6.45) is 2.33. The molecule has 1 aromatic heterocycles. The highest BCUT2D eigenvalue weighted by Gasteiger charge is 2.40. The van der Waals surface area contributed by atoms with Crippen LogP contribution in [-0.4, -0.2) is 53.1 Å². The fraction of sp³-hybridized carbons (Fsp3) is 0.476. The lowest BCUT2D eigenvalue weighted by atomic mass is 10.1. The van der Waals surface area contributed by atoms with E-state index < -0.39 is 0 Å². The second kappa shape index (κ2) is 6.83. The van der Waals surface area contributed by atoms with E-state index in [9.17, 15) is 4.79 Å². The Hall–Kier alpha value is -2.51. The van der Waals surface area contributed by atoms with Crippen molar-refractivity contribution in [2.45, 2.75) is 44.9 Å². The van der Waals surface area contributed by atoms with Gasteiger partial charge < -0.3 is 15.0 Å². The molecule has 4 heterocycles. The number of nitrogens with one attached hydrogen (secondary N) is 1. The third-order valence-corrected chi connectivity index (χ3v) is 5.87. The van der Waals surface area contributed by atoms with Crippen molar-refractivity contribution < 1.29 is 9.53 Å². The Morgan fingerprint density at radius 2 is 1.82 bits per heavy atom. The smallest absolute Gasteiger partial charge is 0.221 e. The number of anilines is 2. The Bertz CT molecular complexity index is 898. The van der Waals surface area contributed by atoms with Crippen LogP contribution in [0.3, 0.4) is 0 Å². The Kier molecular flexibility index (Phi) is 4.29. The van der Waals surface area contributed by atoms with Crippen molar-refractivity contribution in [2.75, 3.05) is 30.5 Å². The molecule has 0 saturated carbocycles. The van der Waals surface area contributed by atoms with Crippen molar-refractivity contribution in [1.29, 1.82) is 0 Å². The molecule has 7 nitrogen and oxygen atoms in total. The molecule has 0 radical (unpaired) electrons. The maximum absolute atomic E-state index is 11.3. The molecule has 2 fully saturated rings. The lowest BCUT2D eigenvalue weighted by Crippen LogP contribution is -2.47. The first-order valence-electron chi connectivity index (χ1n) is 9.91. The maximum Gasteiger partial charge on any atom is 0.221 e. The predicted octanol–water partition coefficient (Wildman–Crippen LogP) is 2.42. The summed E-state index contributed by atoms with van der Waals surface area (Å²) in [7, 11) is 2.13. The quantitative estimate of drug-likeness (QED) is 0.883. The van der Waals surface area contributed by atoms with Crippen molar-refractivity contribution >= 4 is 17.4 Å². The van der Waals surface area contributed by atoms with E-state index in [0.717, 1.165) is 54.9 Å². The van der Waals surface area contributed by atoms with E-state index in [1.165, 1.54) is 25.3 Å². The first kappa shape index (κ1) is 17.6. The van der Waals surface area contributed by atoms with Crippen LogP contribution in [0.1, 0.15) is 31.0 Å². The van der Waals surface area contributed by atoms with Gasteiger partial charge in [0, 0.05) is 36.8 Å². The molecule has 3 aliphatic rings. The number of carbonyl (C=O) groups excluding carboxylic acids is 1. The Balaban J connectivity index is 1.55. The molecular formula is C21H25N5O2. The number of hydrogen-bond donors (Lipinski definition) is 1. The summed E-state index contributed by atoms with van der Waals surface area (Å²) in [5.74, 6) is 1.77. The molecular weight excluding hydrogens is 354 g/mol. The average Bonchev–Trinajstić information content (AvgIpc) is 3.16. The molecule has 2 aromatic rings. The standard InChI is InChI=1S/C21H25N5O2/c1-13(27)22-15-5-3-14(4-6-15)20-23-19-10-25(2)9-18(19)21(24-20)26-16-7-8-17(26)12-28-11-16/h3-6,16-17H,7-12H2,1-2H3,(H,22,27). The summed E-state index contributed by atoms with van der Waals surface area (Å²) in [4.78, 5) is 26.0. The number of morpholine rings is 1. The van der Waals surface area contributed by atoms with Gasteiger partial charge in [-0.05, 0) is 44.2 Å². The summed E-state index contributed by atoms with van der Waals surface area (Å²) in [6, 6.07) is 8.58. The predicted molar refractivity (Wildman–Crippen MR) is 107 cm³/mol. The minimum absolute atomic E-state index is 0.0744. The van der Waals surface area contributed by atoms with E-state index in [-0.39, 0.29) is 5.91 Å². The van der Waals surface area contributed by atoms with Crippen molar-refractivity contribution in [2.24, 2.45) is 0 Å². The van der Waals surface area contributed by atoms with E-state index in [2.05, 4.69) is 22.2 Å². The van der Waals surface area contributed by atoms with E-state index in [0.29, 0.717) is 12.1 Å². The lowest BCUT2D eigenvalue weighted by molar-refractivity contribution is -0.114. The van der Waals surface area contributed by atoms with Crippen LogP contribution in [0.2, 0.25) is 0 Å². The molecule has 7 heteroatoms. The fourth-order valence-electron chi connectivity index (χ4n) is 4.61. The van der Waals surface area contributed by atoms with E-state index >= 15 is 0 Å². The van der Waals surface area contributed by atoms with Crippen molar-refractivity contribution in [1.82, 2.24) is 14.9 Å². The van der Waals surface area contributed by atoms with Crippen LogP contribution >= 0.6 is 0 Å². The second-order valence-corrected chi connectivity index (χ2v) is 8.06. The Labute approximate surface area is 164 Å². The van der Waals surface area contributed by atoms with Gasteiger partial charge in [0.1, 0.15) is 5.82 Å². The lowest BCUT2D eigenvalue weighted by Gasteiger charge is -2.36. The summed E-state index contributed by atoms with van der Waals surface area (Å²) in [5.41, 5.74) is 4.14. The van der Waals surface area contributed by atoms with Crippen molar-refractivity contribution in [3.8, 4) is 11.4 Å². The number of amides is 1. The van der Waals surface area contributed by atoms with Crippen LogP contribution < -0.4 is 10.2 Å². The van der Waals surface area contributed by atoms with Gasteiger partial charge in [-0.1, -0.05) is 0 Å². The molecule has 0 spiro atoms. The molecule has 5 rings (SSSR count). The average molecular weight is 379 g/mol. The minimum Gasteiger partial charge on any atom is -0.377 e. The summed E-state index contributed by atoms with van der Waals surface area (Å²) in [6.45, 7) is 4.82. The van der Waals surface area contributed by atoms with Gasteiger partial charge in [0.25, 0.3) is 0 Å². The molecule has 1 N–H and O–H groups in total. The van der Waals surface area contributed by atoms with E-state index in [4.69, 9.17) is 14.7 Å². The van der Waals surface area contributed by atoms with Crippen LogP contribution in [0, 0.1) is 0 Å². The summed E-state index contributed by atoms with van der Waals surface area (Å²) in [5, 5.41) is 2.81. The van der Waals surface area contributed by atoms with Gasteiger partial charge in [-0.2, -0.15) is 0 Å². The number of aromatic nitrogens is 2. The van der Waals surface area contributed by atoms with Gasteiger partial charge in [-0.3, -0.25) is 9.69 Å². The molecule has 2 saturated heterocycles. The monoisotopic (exact) mass is 379 g/mol. The molecule has 2 atom stereocenters. The summed E-state index contributed by atoms with van der Waals surface area (Å²) < 4.78 is 5.78. The number of hydrogen-bond acceptors (Lipinski definition) is 6. The highest BCUT2D eigenvalue weighted by atomic mass is 16.5. The molecule has 3 aliphatic heterocycles. The van der Waals surface area contributed by atoms with Gasteiger partial charge >= 0.3 is 0 Å². The van der Waals surface area contributed by atoms with Crippen LogP contribution in [0.15, 0.2) is 24.3 Å². The fourth-order valence-corrected chi connectivity index (χ4v) is 4.61. The third kappa shape index (κ3) is 3.04. The third-order valence-electron chi connectivity index (χ3n) is 5.87. The number of benzene rings is 1. The molecule has 0 aliphatic carbocycles. The normalized spacial score (nSPS) is 23.7. The zero-order valence-corrected chi connectivity index (χ0v) is 16.3. The van der Waals surface area contributed by atoms with Crippen LogP contribution in [0.5, 0.6) is 0 Å². The second-order valence-electron chi connectivity index (χ2n) is 8.06. The first-order valence-corrected chi connectivity index (χ1v) is 9.91. The van der Waals surface area contributed by atoms with Crippen molar-refractivity contribution in [3.63, 3.8) is 0 Å². The first-order chi connectivity index (χ1) is 13.6. The molecule has 2 bridgehead atoms. The van der Waals surface area contributed by atoms with Gasteiger partial charge in [-0.25, -0.2) is 9.97 Å². The van der Waals surface area contributed by atoms with Gasteiger partial charge in [-0.15, -0.1) is 0 Å². The molecule has 146 valence electrons. The molecule has 1 aromatic carbocycles. The molecule has 1 amide bonds. The number of nitrogens with zero attached hydrogens (tertiary/aromatic N) is 4. The largest absolute Gasteiger partial charge is 0.377 e. The van der Waals surface area contributed by atoms with E-state index in [1.54, 1.807) is 0 Å². The van der Waals surface area contributed by atoms with Crippen LogP contribution in [-0.2, 0) is 22.6 Å². The molecule has 28 heavy (non-hydrogen) atoms. The minimum atomic E-state index is -0.0744. The summed E-state index contributed by atoms with van der Waals surface area (Å²) >= 11 is 0. The maximum atomic E-state index is 11.3. The Morgan fingerprint density at radius 3 is 2.50 bits per heavy atom. The highest BCUT2D eigenvalue weighted by Crippen LogP contribution is 2.38. The zero-order chi connectivity index (χ0) is 19.3. The van der Waals surface area contributed by atoms with Gasteiger partial charge in [0.05, 0.1) is 31.0 Å². The number of ether oxygens (including phenoxy) is 1. The molecule has 2 unspecified atom stereocenters. The SMILES string of the molecule is CC(=O)Nc1ccc(-c2nc3c(c(N4C5CCC4COC5)n2)CN(C)C3)cc1. The van der Waals surface area contributed by atoms with Gasteiger partial charge in [0.15, 0.2) is 5.82 Å². The number of carbonyl (C=O) groups is 1. The Morgan fingerprint density at radius 1 is 1.11 bits per heavy atom.